The van der Waals surface area contributed by atoms with Gasteiger partial charge in [-0.1, -0.05) is 6.92 Å². The van der Waals surface area contributed by atoms with Gasteiger partial charge in [-0.05, 0) is 6.54 Å². The summed E-state index contributed by atoms with van der Waals surface area (Å²) in [6.45, 7) is 5.49. The topological polar surface area (TPSA) is 64.3 Å². The number of nitrogens with two attached hydrogens (primary N) is 1. The van der Waals surface area contributed by atoms with Crippen LogP contribution in [0.5, 0.6) is 5.88 Å². The van der Waals surface area contributed by atoms with Gasteiger partial charge in [0.15, 0.2) is 0 Å². The fourth-order valence-electron chi connectivity index (χ4n) is 2.02. The van der Waals surface area contributed by atoms with Crippen LogP contribution in [0.25, 0.3) is 0 Å². The summed E-state index contributed by atoms with van der Waals surface area (Å²) in [6, 6.07) is 0. The minimum atomic E-state index is 0.362. The average Bonchev–Trinajstić information content (AvgIpc) is 2.36. The van der Waals surface area contributed by atoms with Crippen molar-refractivity contribution in [1.82, 2.24) is 14.9 Å². The fraction of sp³-hybridized carbons (Fsp3) is 0.636. The summed E-state index contributed by atoms with van der Waals surface area (Å²) in [5.41, 5.74) is 7.78. The highest BCUT2D eigenvalue weighted by molar-refractivity contribution is 5.33. The van der Waals surface area contributed by atoms with Gasteiger partial charge in [0.25, 0.3) is 0 Å². The van der Waals surface area contributed by atoms with Crippen molar-refractivity contribution >= 4 is 0 Å². The first-order chi connectivity index (χ1) is 7.78. The summed E-state index contributed by atoms with van der Waals surface area (Å²) in [7, 11) is 1.65. The lowest BCUT2D eigenvalue weighted by atomic mass is 10.1. The lowest BCUT2D eigenvalue weighted by Gasteiger charge is -2.27. The number of likely N-dealkylation sites (N-methyl/N-ethyl adjacent to an activating group) is 1. The van der Waals surface area contributed by atoms with Gasteiger partial charge in [0, 0.05) is 25.1 Å². The van der Waals surface area contributed by atoms with E-state index >= 15 is 0 Å². The van der Waals surface area contributed by atoms with Crippen molar-refractivity contribution in [3.63, 3.8) is 0 Å². The number of aromatic nitrogens is 2. The van der Waals surface area contributed by atoms with Crippen LogP contribution in [0.4, 0.5) is 0 Å². The number of ether oxygens (including phenoxy) is 1. The Morgan fingerprint density at radius 1 is 1.44 bits per heavy atom. The van der Waals surface area contributed by atoms with Gasteiger partial charge in [-0.3, -0.25) is 4.90 Å². The van der Waals surface area contributed by atoms with Crippen LogP contribution in [-0.4, -0.2) is 35.1 Å². The standard InChI is InChI=1S/C11H18N4O/c1-3-15-5-4-9-8(7-15)11(16-2)14-10(6-12)13-9/h3-7,12H2,1-2H3. The average molecular weight is 222 g/mol. The molecule has 1 aliphatic rings. The van der Waals surface area contributed by atoms with Crippen molar-refractivity contribution in [3.8, 4) is 5.88 Å². The molecule has 16 heavy (non-hydrogen) atoms. The Kier molecular flexibility index (Phi) is 3.36. The fourth-order valence-corrected chi connectivity index (χ4v) is 2.02. The van der Waals surface area contributed by atoms with Gasteiger partial charge < -0.3 is 10.5 Å². The molecule has 2 N–H and O–H groups in total. The predicted octanol–water partition coefficient (Wildman–Crippen LogP) is 0.322. The molecule has 5 nitrogen and oxygen atoms in total. The summed E-state index contributed by atoms with van der Waals surface area (Å²) in [6.07, 6.45) is 0.953. The van der Waals surface area contributed by atoms with Gasteiger partial charge in [0.1, 0.15) is 5.82 Å². The van der Waals surface area contributed by atoms with E-state index in [1.807, 2.05) is 0 Å². The molecule has 1 aliphatic heterocycles. The summed E-state index contributed by atoms with van der Waals surface area (Å²) in [5.74, 6) is 1.35. The number of fused-ring (bicyclic) bond motifs is 1. The highest BCUT2D eigenvalue weighted by Crippen LogP contribution is 2.24. The predicted molar refractivity (Wildman–Crippen MR) is 61.1 cm³/mol. The van der Waals surface area contributed by atoms with Crippen LogP contribution < -0.4 is 10.5 Å². The number of nitrogens with zero attached hydrogens (tertiary/aromatic N) is 3. The Morgan fingerprint density at radius 2 is 2.25 bits per heavy atom. The minimum absolute atomic E-state index is 0.362. The number of rotatable bonds is 3. The molecule has 5 heteroatoms. The third-order valence-electron chi connectivity index (χ3n) is 2.97. The van der Waals surface area contributed by atoms with Crippen LogP contribution in [0, 0.1) is 0 Å². The molecule has 0 saturated heterocycles. The number of hydrogen-bond acceptors (Lipinski definition) is 5. The minimum Gasteiger partial charge on any atom is -0.481 e. The van der Waals surface area contributed by atoms with Crippen LogP contribution in [-0.2, 0) is 19.5 Å². The molecule has 2 rings (SSSR count). The molecule has 0 unspecified atom stereocenters. The zero-order valence-electron chi connectivity index (χ0n) is 9.86. The molecular formula is C11H18N4O. The van der Waals surface area contributed by atoms with E-state index in [4.69, 9.17) is 10.5 Å². The van der Waals surface area contributed by atoms with Gasteiger partial charge in [-0.25, -0.2) is 4.98 Å². The van der Waals surface area contributed by atoms with Gasteiger partial charge in [-0.15, -0.1) is 0 Å². The van der Waals surface area contributed by atoms with Crippen LogP contribution in [0.1, 0.15) is 24.0 Å². The normalized spacial score (nSPS) is 15.9. The summed E-state index contributed by atoms with van der Waals surface area (Å²) in [5, 5.41) is 0. The second-order valence-electron chi connectivity index (χ2n) is 3.90. The lowest BCUT2D eigenvalue weighted by molar-refractivity contribution is 0.256. The van der Waals surface area contributed by atoms with Crippen LogP contribution in [0.2, 0.25) is 0 Å². The summed E-state index contributed by atoms with van der Waals surface area (Å²) < 4.78 is 5.31. The van der Waals surface area contributed by atoms with Crippen molar-refractivity contribution in [2.75, 3.05) is 20.2 Å². The third-order valence-corrected chi connectivity index (χ3v) is 2.97. The Labute approximate surface area is 95.6 Å². The summed E-state index contributed by atoms with van der Waals surface area (Å²) in [4.78, 5) is 11.1. The van der Waals surface area contributed by atoms with Gasteiger partial charge >= 0.3 is 0 Å². The Morgan fingerprint density at radius 3 is 2.88 bits per heavy atom. The monoisotopic (exact) mass is 222 g/mol. The van der Waals surface area contributed by atoms with Crippen molar-refractivity contribution in [1.29, 1.82) is 0 Å². The second kappa shape index (κ2) is 4.76. The molecule has 1 aromatic rings. The number of methoxy groups -OCH3 is 1. The van der Waals surface area contributed by atoms with E-state index in [0.29, 0.717) is 18.2 Å². The van der Waals surface area contributed by atoms with Crippen LogP contribution >= 0.6 is 0 Å². The quantitative estimate of drug-likeness (QED) is 0.798. The van der Waals surface area contributed by atoms with Crippen molar-refractivity contribution in [2.45, 2.75) is 26.4 Å². The van der Waals surface area contributed by atoms with Crippen LogP contribution in [0.3, 0.4) is 0 Å². The molecule has 0 amide bonds. The largest absolute Gasteiger partial charge is 0.481 e. The molecule has 0 saturated carbocycles. The SMILES string of the molecule is CCN1CCc2nc(CN)nc(OC)c2C1. The third kappa shape index (κ3) is 2.01. The smallest absolute Gasteiger partial charge is 0.221 e. The Balaban J connectivity index is 2.38. The molecule has 88 valence electrons. The first-order valence-electron chi connectivity index (χ1n) is 5.63. The zero-order valence-corrected chi connectivity index (χ0v) is 9.86. The van der Waals surface area contributed by atoms with Crippen LogP contribution in [0.15, 0.2) is 0 Å². The van der Waals surface area contributed by atoms with Gasteiger partial charge in [0.2, 0.25) is 5.88 Å². The molecule has 0 aliphatic carbocycles. The summed E-state index contributed by atoms with van der Waals surface area (Å²) >= 11 is 0. The van der Waals surface area contributed by atoms with E-state index in [0.717, 1.165) is 37.3 Å². The van der Waals surface area contributed by atoms with Crippen molar-refractivity contribution in [2.24, 2.45) is 5.73 Å². The molecular weight excluding hydrogens is 204 g/mol. The Bertz CT molecular complexity index is 363. The highest BCUT2D eigenvalue weighted by atomic mass is 16.5. The maximum absolute atomic E-state index is 5.57. The highest BCUT2D eigenvalue weighted by Gasteiger charge is 2.21. The molecule has 0 aromatic carbocycles. The van der Waals surface area contributed by atoms with Gasteiger partial charge in [-0.2, -0.15) is 4.98 Å². The first kappa shape index (κ1) is 11.3. The molecule has 0 spiro atoms. The van der Waals surface area contributed by atoms with E-state index in [2.05, 4.69) is 21.8 Å². The van der Waals surface area contributed by atoms with E-state index in [-0.39, 0.29) is 0 Å². The molecule has 0 atom stereocenters. The molecule has 0 radical (unpaired) electrons. The van der Waals surface area contributed by atoms with E-state index in [1.54, 1.807) is 7.11 Å². The molecule has 1 aromatic heterocycles. The van der Waals surface area contributed by atoms with Crippen molar-refractivity contribution in [3.05, 3.63) is 17.1 Å². The van der Waals surface area contributed by atoms with E-state index in [9.17, 15) is 0 Å². The van der Waals surface area contributed by atoms with E-state index in [1.165, 1.54) is 0 Å². The Hall–Kier alpha value is -1.20. The lowest BCUT2D eigenvalue weighted by Crippen LogP contribution is -2.31. The second-order valence-corrected chi connectivity index (χ2v) is 3.90. The molecule has 2 heterocycles. The van der Waals surface area contributed by atoms with Gasteiger partial charge in [0.05, 0.1) is 19.3 Å². The molecule has 0 bridgehead atoms. The van der Waals surface area contributed by atoms with E-state index < -0.39 is 0 Å². The maximum atomic E-state index is 5.57. The maximum Gasteiger partial charge on any atom is 0.221 e. The molecule has 0 fully saturated rings. The van der Waals surface area contributed by atoms with Crippen molar-refractivity contribution < 1.29 is 4.74 Å². The first-order valence-corrected chi connectivity index (χ1v) is 5.63. The zero-order chi connectivity index (χ0) is 11.5. The number of hydrogen-bond donors (Lipinski definition) is 1.